The summed E-state index contributed by atoms with van der Waals surface area (Å²) in [7, 11) is 0. The minimum Gasteiger partial charge on any atom is -0.342 e. The van der Waals surface area contributed by atoms with E-state index >= 15 is 0 Å². The lowest BCUT2D eigenvalue weighted by molar-refractivity contribution is -0.134. The van der Waals surface area contributed by atoms with Crippen LogP contribution in [-0.2, 0) is 4.79 Å². The lowest BCUT2D eigenvalue weighted by atomic mass is 9.79. The lowest BCUT2D eigenvalue weighted by Crippen LogP contribution is -2.42. The number of nitrogens with one attached hydrogen (secondary N) is 1. The Hall–Kier alpha value is -0.570. The maximum absolute atomic E-state index is 12.0. The quantitative estimate of drug-likeness (QED) is 0.790. The number of hydrogen-bond acceptors (Lipinski definition) is 2. The third kappa shape index (κ3) is 2.65. The van der Waals surface area contributed by atoms with Crippen LogP contribution in [-0.4, -0.2) is 37.0 Å². The predicted octanol–water partition coefficient (Wildman–Crippen LogP) is 1.63. The molecule has 1 aliphatic carbocycles. The van der Waals surface area contributed by atoms with E-state index in [1.165, 1.54) is 38.8 Å². The Morgan fingerprint density at radius 1 is 0.882 bits per heavy atom. The number of likely N-dealkylation sites (tertiary alicyclic amines) is 1. The van der Waals surface area contributed by atoms with Crippen LogP contribution in [0.2, 0.25) is 0 Å². The molecular formula is C14H24N2O. The van der Waals surface area contributed by atoms with Crippen LogP contribution in [0.15, 0.2) is 0 Å². The van der Waals surface area contributed by atoms with Crippen LogP contribution >= 0.6 is 0 Å². The van der Waals surface area contributed by atoms with E-state index in [4.69, 9.17) is 0 Å². The lowest BCUT2D eigenvalue weighted by Gasteiger charge is -2.37. The molecule has 0 spiro atoms. The van der Waals surface area contributed by atoms with Gasteiger partial charge in [-0.3, -0.25) is 4.79 Å². The molecule has 0 atom stereocenters. The van der Waals surface area contributed by atoms with E-state index in [1.54, 1.807) is 0 Å². The maximum atomic E-state index is 12.0. The first-order valence-electron chi connectivity index (χ1n) is 7.34. The standard InChI is InChI=1S/C14H24N2O/c17-14(13-1-2-13)16-9-5-12(6-10-16)11-3-7-15-8-4-11/h11-13,15H,1-10H2. The Balaban J connectivity index is 1.47. The molecule has 3 heteroatoms. The highest BCUT2D eigenvalue weighted by atomic mass is 16.2. The van der Waals surface area contributed by atoms with E-state index in [9.17, 15) is 4.79 Å². The summed E-state index contributed by atoms with van der Waals surface area (Å²) in [5.41, 5.74) is 0. The van der Waals surface area contributed by atoms with Gasteiger partial charge in [0.1, 0.15) is 0 Å². The smallest absolute Gasteiger partial charge is 0.225 e. The van der Waals surface area contributed by atoms with E-state index in [0.717, 1.165) is 37.8 Å². The van der Waals surface area contributed by atoms with Gasteiger partial charge in [0, 0.05) is 19.0 Å². The number of carbonyl (C=O) groups excluding carboxylic acids is 1. The molecule has 3 rings (SSSR count). The molecule has 3 nitrogen and oxygen atoms in total. The number of nitrogens with zero attached hydrogens (tertiary/aromatic N) is 1. The monoisotopic (exact) mass is 236 g/mol. The van der Waals surface area contributed by atoms with Crippen molar-refractivity contribution in [3.8, 4) is 0 Å². The molecule has 0 radical (unpaired) electrons. The Kier molecular flexibility index (Phi) is 3.37. The van der Waals surface area contributed by atoms with Crippen molar-refractivity contribution in [1.82, 2.24) is 10.2 Å². The summed E-state index contributed by atoms with van der Waals surface area (Å²) in [6, 6.07) is 0. The summed E-state index contributed by atoms with van der Waals surface area (Å²) in [6.45, 7) is 4.46. The highest BCUT2D eigenvalue weighted by molar-refractivity contribution is 5.81. The predicted molar refractivity (Wildman–Crippen MR) is 67.6 cm³/mol. The summed E-state index contributed by atoms with van der Waals surface area (Å²) >= 11 is 0. The van der Waals surface area contributed by atoms with Gasteiger partial charge in [-0.2, -0.15) is 0 Å². The Labute approximate surface area is 104 Å². The summed E-state index contributed by atoms with van der Waals surface area (Å²) < 4.78 is 0. The zero-order valence-corrected chi connectivity index (χ0v) is 10.7. The molecule has 0 bridgehead atoms. The molecule has 1 saturated carbocycles. The second kappa shape index (κ2) is 4.97. The number of piperidine rings is 2. The topological polar surface area (TPSA) is 32.3 Å². The van der Waals surface area contributed by atoms with E-state index in [2.05, 4.69) is 10.2 Å². The van der Waals surface area contributed by atoms with Crippen LogP contribution in [0.4, 0.5) is 0 Å². The van der Waals surface area contributed by atoms with Crippen molar-refractivity contribution in [2.75, 3.05) is 26.2 Å². The van der Waals surface area contributed by atoms with Crippen molar-refractivity contribution >= 4 is 5.91 Å². The maximum Gasteiger partial charge on any atom is 0.225 e. The third-order valence-electron chi connectivity index (χ3n) is 4.83. The molecule has 2 heterocycles. The largest absolute Gasteiger partial charge is 0.342 e. The molecule has 3 fully saturated rings. The second-order valence-electron chi connectivity index (χ2n) is 6.02. The van der Waals surface area contributed by atoms with Crippen molar-refractivity contribution < 1.29 is 4.79 Å². The van der Waals surface area contributed by atoms with E-state index in [1.807, 2.05) is 0 Å². The van der Waals surface area contributed by atoms with Crippen molar-refractivity contribution in [2.45, 2.75) is 38.5 Å². The number of amides is 1. The minimum absolute atomic E-state index is 0.408. The molecule has 0 aromatic carbocycles. The van der Waals surface area contributed by atoms with Gasteiger partial charge in [0.25, 0.3) is 0 Å². The van der Waals surface area contributed by atoms with Gasteiger partial charge < -0.3 is 10.2 Å². The van der Waals surface area contributed by atoms with Gasteiger partial charge in [0.05, 0.1) is 0 Å². The molecule has 96 valence electrons. The molecule has 2 saturated heterocycles. The summed E-state index contributed by atoms with van der Waals surface area (Å²) in [5, 5.41) is 3.44. The van der Waals surface area contributed by atoms with Crippen LogP contribution in [0, 0.1) is 17.8 Å². The average molecular weight is 236 g/mol. The van der Waals surface area contributed by atoms with Gasteiger partial charge in [-0.1, -0.05) is 0 Å². The SMILES string of the molecule is O=C(C1CC1)N1CCC(C2CCNCC2)CC1. The Morgan fingerprint density at radius 2 is 1.47 bits per heavy atom. The van der Waals surface area contributed by atoms with Crippen LogP contribution in [0.3, 0.4) is 0 Å². The fraction of sp³-hybridized carbons (Fsp3) is 0.929. The molecule has 3 aliphatic rings. The Morgan fingerprint density at radius 3 is 2.06 bits per heavy atom. The summed E-state index contributed by atoms with van der Waals surface area (Å²) in [5.74, 6) is 2.67. The van der Waals surface area contributed by atoms with Gasteiger partial charge in [0.2, 0.25) is 5.91 Å². The van der Waals surface area contributed by atoms with Crippen LogP contribution in [0.1, 0.15) is 38.5 Å². The molecule has 0 unspecified atom stereocenters. The van der Waals surface area contributed by atoms with Gasteiger partial charge >= 0.3 is 0 Å². The molecule has 2 aliphatic heterocycles. The van der Waals surface area contributed by atoms with Crippen LogP contribution in [0.25, 0.3) is 0 Å². The zero-order chi connectivity index (χ0) is 11.7. The number of carbonyl (C=O) groups is 1. The zero-order valence-electron chi connectivity index (χ0n) is 10.7. The van der Waals surface area contributed by atoms with Crippen molar-refractivity contribution in [2.24, 2.45) is 17.8 Å². The van der Waals surface area contributed by atoms with Crippen molar-refractivity contribution in [3.63, 3.8) is 0 Å². The van der Waals surface area contributed by atoms with E-state index in [-0.39, 0.29) is 0 Å². The summed E-state index contributed by atoms with van der Waals surface area (Å²) in [4.78, 5) is 14.1. The van der Waals surface area contributed by atoms with Crippen LogP contribution < -0.4 is 5.32 Å². The van der Waals surface area contributed by atoms with E-state index in [0.29, 0.717) is 11.8 Å². The van der Waals surface area contributed by atoms with Crippen LogP contribution in [0.5, 0.6) is 0 Å². The van der Waals surface area contributed by atoms with E-state index < -0.39 is 0 Å². The molecular weight excluding hydrogens is 212 g/mol. The second-order valence-corrected chi connectivity index (χ2v) is 6.02. The first-order valence-corrected chi connectivity index (χ1v) is 7.34. The molecule has 17 heavy (non-hydrogen) atoms. The van der Waals surface area contributed by atoms with Gasteiger partial charge in [-0.05, 0) is 63.5 Å². The Bertz CT molecular complexity index is 274. The van der Waals surface area contributed by atoms with Crippen molar-refractivity contribution in [1.29, 1.82) is 0 Å². The fourth-order valence-electron chi connectivity index (χ4n) is 3.50. The summed E-state index contributed by atoms with van der Waals surface area (Å²) in [6.07, 6.45) is 7.49. The molecule has 0 aromatic heterocycles. The normalized spacial score (nSPS) is 28.4. The van der Waals surface area contributed by atoms with Gasteiger partial charge in [-0.25, -0.2) is 0 Å². The third-order valence-corrected chi connectivity index (χ3v) is 4.83. The molecule has 1 amide bonds. The fourth-order valence-corrected chi connectivity index (χ4v) is 3.50. The van der Waals surface area contributed by atoms with Crippen molar-refractivity contribution in [3.05, 3.63) is 0 Å². The average Bonchev–Trinajstić information content (AvgIpc) is 3.24. The first kappa shape index (κ1) is 11.5. The molecule has 0 aromatic rings. The number of rotatable bonds is 2. The number of hydrogen-bond donors (Lipinski definition) is 1. The first-order chi connectivity index (χ1) is 8.34. The van der Waals surface area contributed by atoms with Gasteiger partial charge in [0.15, 0.2) is 0 Å². The highest BCUT2D eigenvalue weighted by Gasteiger charge is 2.36. The highest BCUT2D eigenvalue weighted by Crippen LogP contribution is 2.35. The molecule has 1 N–H and O–H groups in total. The minimum atomic E-state index is 0.408. The van der Waals surface area contributed by atoms with Gasteiger partial charge in [-0.15, -0.1) is 0 Å².